The fraction of sp³-hybridized carbons (Fsp3) is 0.615. The molecule has 15 heavy (non-hydrogen) atoms. The SMILES string of the molecule is Cc1ccc(CNCCC2CCC2)cn1. The third-order valence-electron chi connectivity index (χ3n) is 3.26. The monoisotopic (exact) mass is 204 g/mol. The molecule has 0 atom stereocenters. The second-order valence-corrected chi connectivity index (χ2v) is 4.57. The van der Waals surface area contributed by atoms with Crippen molar-refractivity contribution >= 4 is 0 Å². The summed E-state index contributed by atoms with van der Waals surface area (Å²) in [6.07, 6.45) is 7.67. The zero-order chi connectivity index (χ0) is 10.5. The van der Waals surface area contributed by atoms with Crippen molar-refractivity contribution in [2.75, 3.05) is 6.54 Å². The maximum atomic E-state index is 4.28. The highest BCUT2D eigenvalue weighted by atomic mass is 14.8. The summed E-state index contributed by atoms with van der Waals surface area (Å²) in [7, 11) is 0. The normalized spacial score (nSPS) is 16.3. The van der Waals surface area contributed by atoms with Gasteiger partial charge in [0.1, 0.15) is 0 Å². The number of aromatic nitrogens is 1. The summed E-state index contributed by atoms with van der Waals surface area (Å²) < 4.78 is 0. The Bertz CT molecular complexity index is 288. The van der Waals surface area contributed by atoms with E-state index in [-0.39, 0.29) is 0 Å². The van der Waals surface area contributed by atoms with E-state index in [1.54, 1.807) is 0 Å². The smallest absolute Gasteiger partial charge is 0.0372 e. The number of nitrogens with one attached hydrogen (secondary N) is 1. The van der Waals surface area contributed by atoms with Gasteiger partial charge in [0.25, 0.3) is 0 Å². The molecule has 0 unspecified atom stereocenters. The lowest BCUT2D eigenvalue weighted by molar-refractivity contribution is 0.292. The van der Waals surface area contributed by atoms with E-state index >= 15 is 0 Å². The molecule has 2 rings (SSSR count). The largest absolute Gasteiger partial charge is 0.313 e. The second-order valence-electron chi connectivity index (χ2n) is 4.57. The number of aryl methyl sites for hydroxylation is 1. The predicted molar refractivity (Wildman–Crippen MR) is 62.6 cm³/mol. The molecule has 1 N–H and O–H groups in total. The van der Waals surface area contributed by atoms with E-state index in [1.165, 1.54) is 31.2 Å². The van der Waals surface area contributed by atoms with Crippen LogP contribution in [0.15, 0.2) is 18.3 Å². The van der Waals surface area contributed by atoms with Crippen molar-refractivity contribution in [2.24, 2.45) is 5.92 Å². The average Bonchev–Trinajstić information content (AvgIpc) is 2.18. The summed E-state index contributed by atoms with van der Waals surface area (Å²) in [5.41, 5.74) is 2.38. The number of hydrogen-bond acceptors (Lipinski definition) is 2. The third kappa shape index (κ3) is 3.31. The Morgan fingerprint density at radius 3 is 2.87 bits per heavy atom. The Morgan fingerprint density at radius 2 is 2.27 bits per heavy atom. The number of nitrogens with zero attached hydrogens (tertiary/aromatic N) is 1. The molecular formula is C13H20N2. The molecule has 1 saturated carbocycles. The molecule has 1 aliphatic rings. The van der Waals surface area contributed by atoms with Gasteiger partial charge in [0, 0.05) is 18.4 Å². The fourth-order valence-electron chi connectivity index (χ4n) is 1.92. The lowest BCUT2D eigenvalue weighted by atomic mass is 9.83. The number of hydrogen-bond donors (Lipinski definition) is 1. The summed E-state index contributed by atoms with van der Waals surface area (Å²) in [4.78, 5) is 4.28. The summed E-state index contributed by atoms with van der Waals surface area (Å²) in [5.74, 6) is 1.01. The lowest BCUT2D eigenvalue weighted by Gasteiger charge is -2.25. The van der Waals surface area contributed by atoms with Crippen LogP contribution in [0, 0.1) is 12.8 Å². The standard InChI is InChI=1S/C13H20N2/c1-11-5-6-13(10-15-11)9-14-8-7-12-3-2-4-12/h5-6,10,12,14H,2-4,7-9H2,1H3. The van der Waals surface area contributed by atoms with Crippen LogP contribution >= 0.6 is 0 Å². The minimum absolute atomic E-state index is 0.958. The maximum absolute atomic E-state index is 4.28. The molecule has 1 aromatic heterocycles. The molecule has 0 aliphatic heterocycles. The van der Waals surface area contributed by atoms with Gasteiger partial charge in [-0.2, -0.15) is 0 Å². The van der Waals surface area contributed by atoms with Crippen LogP contribution in [0.3, 0.4) is 0 Å². The van der Waals surface area contributed by atoms with Crippen LogP contribution in [0.4, 0.5) is 0 Å². The van der Waals surface area contributed by atoms with Crippen LogP contribution in [0.1, 0.15) is 36.9 Å². The van der Waals surface area contributed by atoms with Crippen molar-refractivity contribution in [2.45, 2.75) is 39.2 Å². The van der Waals surface area contributed by atoms with Crippen molar-refractivity contribution < 1.29 is 0 Å². The van der Waals surface area contributed by atoms with Gasteiger partial charge in [-0.05, 0) is 37.4 Å². The first-order chi connectivity index (χ1) is 7.34. The zero-order valence-corrected chi connectivity index (χ0v) is 9.50. The molecule has 2 heteroatoms. The number of pyridine rings is 1. The Hall–Kier alpha value is -0.890. The topological polar surface area (TPSA) is 24.9 Å². The van der Waals surface area contributed by atoms with Gasteiger partial charge in [-0.1, -0.05) is 25.3 Å². The Morgan fingerprint density at radius 1 is 1.40 bits per heavy atom. The van der Waals surface area contributed by atoms with Gasteiger partial charge < -0.3 is 5.32 Å². The van der Waals surface area contributed by atoms with Crippen molar-refractivity contribution in [1.29, 1.82) is 0 Å². The first-order valence-electron chi connectivity index (χ1n) is 5.97. The van der Waals surface area contributed by atoms with E-state index in [4.69, 9.17) is 0 Å². The van der Waals surface area contributed by atoms with E-state index in [0.717, 1.165) is 24.7 Å². The van der Waals surface area contributed by atoms with Crippen molar-refractivity contribution in [3.05, 3.63) is 29.6 Å². The molecule has 0 bridgehead atoms. The number of rotatable bonds is 5. The van der Waals surface area contributed by atoms with Crippen LogP contribution in [0.25, 0.3) is 0 Å². The van der Waals surface area contributed by atoms with Crippen molar-refractivity contribution in [3.63, 3.8) is 0 Å². The van der Waals surface area contributed by atoms with Crippen molar-refractivity contribution in [1.82, 2.24) is 10.3 Å². The summed E-state index contributed by atoms with van der Waals surface area (Å²) in [5, 5.41) is 3.48. The highest BCUT2D eigenvalue weighted by Crippen LogP contribution is 2.28. The van der Waals surface area contributed by atoms with E-state index in [9.17, 15) is 0 Å². The summed E-state index contributed by atoms with van der Waals surface area (Å²) >= 11 is 0. The molecule has 1 heterocycles. The minimum atomic E-state index is 0.958. The van der Waals surface area contributed by atoms with Gasteiger partial charge in [-0.15, -0.1) is 0 Å². The van der Waals surface area contributed by atoms with Gasteiger partial charge in [-0.3, -0.25) is 4.98 Å². The molecule has 0 aromatic carbocycles. The Kier molecular flexibility index (Phi) is 3.73. The molecule has 2 nitrogen and oxygen atoms in total. The molecule has 1 fully saturated rings. The minimum Gasteiger partial charge on any atom is -0.313 e. The third-order valence-corrected chi connectivity index (χ3v) is 3.26. The molecule has 0 spiro atoms. The van der Waals surface area contributed by atoms with Crippen LogP contribution in [0.5, 0.6) is 0 Å². The fourth-order valence-corrected chi connectivity index (χ4v) is 1.92. The van der Waals surface area contributed by atoms with Gasteiger partial charge in [0.2, 0.25) is 0 Å². The Labute approximate surface area is 92.1 Å². The molecule has 0 amide bonds. The average molecular weight is 204 g/mol. The summed E-state index contributed by atoms with van der Waals surface area (Å²) in [6.45, 7) is 4.13. The van der Waals surface area contributed by atoms with E-state index < -0.39 is 0 Å². The van der Waals surface area contributed by atoms with E-state index in [0.29, 0.717) is 0 Å². The van der Waals surface area contributed by atoms with Crippen LogP contribution < -0.4 is 5.32 Å². The highest BCUT2D eigenvalue weighted by molar-refractivity contribution is 5.12. The van der Waals surface area contributed by atoms with Gasteiger partial charge in [0.15, 0.2) is 0 Å². The van der Waals surface area contributed by atoms with Gasteiger partial charge in [-0.25, -0.2) is 0 Å². The van der Waals surface area contributed by atoms with Gasteiger partial charge >= 0.3 is 0 Å². The first-order valence-corrected chi connectivity index (χ1v) is 5.97. The van der Waals surface area contributed by atoms with Crippen LogP contribution in [-0.2, 0) is 6.54 Å². The molecule has 1 aliphatic carbocycles. The zero-order valence-electron chi connectivity index (χ0n) is 9.50. The van der Waals surface area contributed by atoms with Crippen LogP contribution in [-0.4, -0.2) is 11.5 Å². The molecule has 0 saturated heterocycles. The lowest BCUT2D eigenvalue weighted by Crippen LogP contribution is -2.21. The predicted octanol–water partition coefficient (Wildman–Crippen LogP) is 2.67. The maximum Gasteiger partial charge on any atom is 0.0372 e. The Balaban J connectivity index is 1.62. The highest BCUT2D eigenvalue weighted by Gasteiger charge is 2.15. The quantitative estimate of drug-likeness (QED) is 0.746. The molecule has 1 aromatic rings. The second kappa shape index (κ2) is 5.26. The van der Waals surface area contributed by atoms with Gasteiger partial charge in [0.05, 0.1) is 0 Å². The van der Waals surface area contributed by atoms with E-state index in [1.807, 2.05) is 13.1 Å². The molecule has 0 radical (unpaired) electrons. The first kappa shape index (κ1) is 10.6. The van der Waals surface area contributed by atoms with Crippen molar-refractivity contribution in [3.8, 4) is 0 Å². The summed E-state index contributed by atoms with van der Waals surface area (Å²) in [6, 6.07) is 4.22. The molecular weight excluding hydrogens is 184 g/mol. The van der Waals surface area contributed by atoms with E-state index in [2.05, 4.69) is 22.4 Å². The molecule has 82 valence electrons. The van der Waals surface area contributed by atoms with Crippen LogP contribution in [0.2, 0.25) is 0 Å².